The molecule has 0 aliphatic carbocycles. The average molecular weight is 1090 g/mol. The third-order valence-electron chi connectivity index (χ3n) is 13.0. The van der Waals surface area contributed by atoms with Gasteiger partial charge in [-0.1, -0.05) is 298 Å². The van der Waals surface area contributed by atoms with E-state index in [1.807, 2.05) is 0 Å². The summed E-state index contributed by atoms with van der Waals surface area (Å²) in [5.41, 5.74) is 0. The Kier molecular flexibility index (Phi) is 89.3. The maximum atomic E-state index is 10.3. The molecular formula is C64H128O12. The fourth-order valence-electron chi connectivity index (χ4n) is 8.11. The molecule has 0 aliphatic heterocycles. The van der Waals surface area contributed by atoms with Crippen molar-refractivity contribution in [1.29, 1.82) is 0 Å². The number of carboxylic acid groups (broad SMARTS) is 6. The second kappa shape index (κ2) is 80.7. The molecule has 0 atom stereocenters. The summed E-state index contributed by atoms with van der Waals surface area (Å²) in [5.74, 6) is -3.97. The van der Waals surface area contributed by atoms with Crippen molar-refractivity contribution >= 4 is 35.8 Å². The van der Waals surface area contributed by atoms with Gasteiger partial charge in [-0.2, -0.15) is 0 Å². The van der Waals surface area contributed by atoms with Crippen LogP contribution in [0.25, 0.3) is 0 Å². The van der Waals surface area contributed by atoms with Crippen LogP contribution in [0.5, 0.6) is 0 Å². The molecule has 0 heterocycles. The number of rotatable bonds is 52. The monoisotopic (exact) mass is 1090 g/mol. The van der Waals surface area contributed by atoms with E-state index in [-0.39, 0.29) is 0 Å². The number of unbranched alkanes of at least 4 members (excludes halogenated alkanes) is 40. The first kappa shape index (κ1) is 84.1. The van der Waals surface area contributed by atoms with Crippen molar-refractivity contribution in [3.8, 4) is 0 Å². The van der Waals surface area contributed by atoms with E-state index in [9.17, 15) is 28.8 Å². The molecule has 0 aromatic heterocycles. The summed E-state index contributed by atoms with van der Waals surface area (Å²) >= 11 is 0. The first-order chi connectivity index (χ1) is 36.6. The molecular weight excluding hydrogens is 961 g/mol. The summed E-state index contributed by atoms with van der Waals surface area (Å²) in [6.45, 7) is 13.2. The summed E-state index contributed by atoms with van der Waals surface area (Å²) in [5, 5.41) is 50.2. The molecule has 0 radical (unpaired) electrons. The zero-order valence-corrected chi connectivity index (χ0v) is 50.9. The summed E-state index contributed by atoms with van der Waals surface area (Å²) in [6, 6.07) is 0. The molecule has 0 aliphatic rings. The van der Waals surface area contributed by atoms with Gasteiger partial charge in [0.15, 0.2) is 0 Å². The number of carboxylic acids is 6. The highest BCUT2D eigenvalue weighted by Crippen LogP contribution is 2.14. The zero-order valence-electron chi connectivity index (χ0n) is 50.9. The lowest BCUT2D eigenvalue weighted by Gasteiger charge is -2.01. The Morgan fingerprint density at radius 1 is 0.158 bits per heavy atom. The predicted octanol–water partition coefficient (Wildman–Crippen LogP) is 20.8. The molecule has 0 saturated heterocycles. The number of carbonyl (C=O) groups is 6. The fraction of sp³-hybridized carbons (Fsp3) is 0.906. The summed E-state index contributed by atoms with van der Waals surface area (Å²) in [7, 11) is 0. The molecule has 0 aromatic carbocycles. The first-order valence-corrected chi connectivity index (χ1v) is 31.9. The second-order valence-electron chi connectivity index (χ2n) is 21.0. The lowest BCUT2D eigenvalue weighted by molar-refractivity contribution is -0.138. The van der Waals surface area contributed by atoms with Gasteiger partial charge in [-0.25, -0.2) is 0 Å². The highest BCUT2D eigenvalue weighted by Gasteiger charge is 2.01. The van der Waals surface area contributed by atoms with Crippen LogP contribution in [0.4, 0.5) is 0 Å². The maximum Gasteiger partial charge on any atom is 0.303 e. The molecule has 0 aromatic rings. The highest BCUT2D eigenvalue weighted by atomic mass is 16.4. The van der Waals surface area contributed by atoms with Crippen LogP contribution >= 0.6 is 0 Å². The minimum Gasteiger partial charge on any atom is -0.481 e. The number of hydrogen-bond donors (Lipinski definition) is 6. The average Bonchev–Trinajstić information content (AvgIpc) is 3.37. The quantitative estimate of drug-likeness (QED) is 0.0313. The Morgan fingerprint density at radius 2 is 0.237 bits per heavy atom. The predicted molar refractivity (Wildman–Crippen MR) is 320 cm³/mol. The molecule has 456 valence electrons. The van der Waals surface area contributed by atoms with E-state index in [4.69, 9.17) is 30.6 Å². The third-order valence-corrected chi connectivity index (χ3v) is 13.0. The van der Waals surface area contributed by atoms with E-state index < -0.39 is 35.8 Å². The molecule has 0 spiro atoms. The van der Waals surface area contributed by atoms with Gasteiger partial charge in [0.05, 0.1) is 0 Å². The summed E-state index contributed by atoms with van der Waals surface area (Å²) in [4.78, 5) is 60.9. The summed E-state index contributed by atoms with van der Waals surface area (Å²) in [6.07, 6.45) is 57.6. The maximum absolute atomic E-state index is 10.3. The van der Waals surface area contributed by atoms with Crippen molar-refractivity contribution in [3.63, 3.8) is 0 Å². The highest BCUT2D eigenvalue weighted by molar-refractivity contribution is 5.68. The lowest BCUT2D eigenvalue weighted by atomic mass is 10.1. The van der Waals surface area contributed by atoms with E-state index in [1.165, 1.54) is 218 Å². The van der Waals surface area contributed by atoms with Crippen LogP contribution in [-0.2, 0) is 28.8 Å². The largest absolute Gasteiger partial charge is 0.481 e. The van der Waals surface area contributed by atoms with Crippen LogP contribution < -0.4 is 0 Å². The molecule has 0 bridgehead atoms. The smallest absolute Gasteiger partial charge is 0.303 e. The van der Waals surface area contributed by atoms with Gasteiger partial charge < -0.3 is 30.6 Å². The molecule has 0 unspecified atom stereocenters. The Labute approximate surface area is 468 Å². The third kappa shape index (κ3) is 115. The van der Waals surface area contributed by atoms with Crippen molar-refractivity contribution in [3.05, 3.63) is 0 Å². The van der Waals surface area contributed by atoms with Gasteiger partial charge in [0, 0.05) is 38.5 Å². The van der Waals surface area contributed by atoms with Crippen molar-refractivity contribution in [2.24, 2.45) is 0 Å². The van der Waals surface area contributed by atoms with Gasteiger partial charge in [-0.05, 0) is 38.5 Å². The second-order valence-corrected chi connectivity index (χ2v) is 21.0. The first-order valence-electron chi connectivity index (χ1n) is 31.9. The van der Waals surface area contributed by atoms with Gasteiger partial charge in [0.1, 0.15) is 0 Å². The van der Waals surface area contributed by atoms with Crippen LogP contribution in [0.2, 0.25) is 0 Å². The molecule has 6 N–H and O–H groups in total. The Hall–Kier alpha value is -3.18. The molecule has 12 nitrogen and oxygen atoms in total. The van der Waals surface area contributed by atoms with Crippen LogP contribution in [-0.4, -0.2) is 66.5 Å². The van der Waals surface area contributed by atoms with Crippen molar-refractivity contribution in [1.82, 2.24) is 0 Å². The lowest BCUT2D eigenvalue weighted by Crippen LogP contribution is -1.93. The van der Waals surface area contributed by atoms with Crippen molar-refractivity contribution in [2.45, 2.75) is 375 Å². The van der Waals surface area contributed by atoms with Crippen LogP contribution in [0.1, 0.15) is 375 Å². The van der Waals surface area contributed by atoms with Gasteiger partial charge >= 0.3 is 35.8 Å². The van der Waals surface area contributed by atoms with Crippen molar-refractivity contribution in [2.75, 3.05) is 0 Å². The molecule has 0 amide bonds. The molecule has 12 heteroatoms. The van der Waals surface area contributed by atoms with Crippen molar-refractivity contribution < 1.29 is 59.4 Å². The van der Waals surface area contributed by atoms with E-state index in [2.05, 4.69) is 41.5 Å². The van der Waals surface area contributed by atoms with Crippen LogP contribution in [0, 0.1) is 0 Å². The van der Waals surface area contributed by atoms with Gasteiger partial charge in [-0.3, -0.25) is 28.8 Å². The van der Waals surface area contributed by atoms with Crippen LogP contribution in [0.15, 0.2) is 0 Å². The molecule has 0 fully saturated rings. The fourth-order valence-corrected chi connectivity index (χ4v) is 8.11. The topological polar surface area (TPSA) is 224 Å². The van der Waals surface area contributed by atoms with Gasteiger partial charge in [0.25, 0.3) is 0 Å². The van der Waals surface area contributed by atoms with Crippen LogP contribution in [0.3, 0.4) is 0 Å². The normalized spacial score (nSPS) is 10.2. The Bertz CT molecular complexity index is 998. The SMILES string of the molecule is CCCCCCCCCC(=O)O.CCCCCCCCCC(=O)O.CCCCCCCCCC(=O)O.CCCCCCCCCC(=O)O.CCCCCCCCCC(=O)O.CCCCCCCCCCCCCC(=O)O. The van der Waals surface area contributed by atoms with E-state index >= 15 is 0 Å². The van der Waals surface area contributed by atoms with Gasteiger partial charge in [-0.15, -0.1) is 0 Å². The Morgan fingerprint density at radius 3 is 0.316 bits per heavy atom. The van der Waals surface area contributed by atoms with E-state index in [1.54, 1.807) is 0 Å². The number of hydrogen-bond acceptors (Lipinski definition) is 6. The number of aliphatic carboxylic acids is 6. The molecule has 0 rings (SSSR count). The van der Waals surface area contributed by atoms with E-state index in [0.29, 0.717) is 38.5 Å². The molecule has 0 saturated carbocycles. The summed E-state index contributed by atoms with van der Waals surface area (Å²) < 4.78 is 0. The van der Waals surface area contributed by atoms with Gasteiger partial charge in [0.2, 0.25) is 0 Å². The Balaban J connectivity index is -0.000000194. The minimum atomic E-state index is -0.663. The minimum absolute atomic E-state index is 0.341. The zero-order chi connectivity index (χ0) is 58.2. The standard InChI is InChI=1S/C14H28O2.5C10H20O2/c1-2-3-4-5-6-7-8-9-10-11-12-13-14(15)16;5*1-2-3-4-5-6-7-8-9-10(11)12/h2-13H2,1H3,(H,15,16);5*2-9H2,1H3,(H,11,12). The molecule has 76 heavy (non-hydrogen) atoms. The van der Waals surface area contributed by atoms with E-state index in [0.717, 1.165) is 77.0 Å².